The van der Waals surface area contributed by atoms with Gasteiger partial charge in [-0.1, -0.05) is 6.07 Å². The third-order valence-corrected chi connectivity index (χ3v) is 2.66. The Morgan fingerprint density at radius 3 is 2.75 bits per heavy atom. The Morgan fingerprint density at radius 1 is 1.35 bits per heavy atom. The first kappa shape index (κ1) is 14.0. The standard InChI is InChI=1S/C12H11ClN4O3/c1-6-3-4-7(5-8(6)9(18)19)14-11-15-10(13)16-12(17-11)20-2/h3-5H,1-2H3,(H,18,19)(H,14,15,16,17). The molecule has 1 aromatic heterocycles. The summed E-state index contributed by atoms with van der Waals surface area (Å²) in [6, 6.07) is 4.96. The number of methoxy groups -OCH3 is 1. The Kier molecular flexibility index (Phi) is 3.99. The van der Waals surface area contributed by atoms with E-state index in [9.17, 15) is 4.79 Å². The summed E-state index contributed by atoms with van der Waals surface area (Å²) in [6.45, 7) is 1.72. The topological polar surface area (TPSA) is 97.2 Å². The van der Waals surface area contributed by atoms with Gasteiger partial charge in [0.15, 0.2) is 0 Å². The average molecular weight is 295 g/mol. The van der Waals surface area contributed by atoms with Crippen LogP contribution in [0.4, 0.5) is 11.6 Å². The number of aryl methyl sites for hydroxylation is 1. The lowest BCUT2D eigenvalue weighted by molar-refractivity contribution is 0.0696. The monoisotopic (exact) mass is 294 g/mol. The van der Waals surface area contributed by atoms with Crippen molar-refractivity contribution in [3.63, 3.8) is 0 Å². The van der Waals surface area contributed by atoms with E-state index >= 15 is 0 Å². The number of halogens is 1. The normalized spacial score (nSPS) is 10.2. The minimum Gasteiger partial charge on any atom is -0.478 e. The van der Waals surface area contributed by atoms with E-state index in [1.807, 2.05) is 0 Å². The summed E-state index contributed by atoms with van der Waals surface area (Å²) in [6.07, 6.45) is 0. The molecule has 0 radical (unpaired) electrons. The number of carboxylic acid groups (broad SMARTS) is 1. The third kappa shape index (κ3) is 3.12. The zero-order valence-corrected chi connectivity index (χ0v) is 11.5. The van der Waals surface area contributed by atoms with Crippen LogP contribution < -0.4 is 10.1 Å². The SMILES string of the molecule is COc1nc(Cl)nc(Nc2ccc(C)c(C(=O)O)c2)n1. The molecule has 0 unspecified atom stereocenters. The number of hydrogen-bond donors (Lipinski definition) is 2. The van der Waals surface area contributed by atoms with Gasteiger partial charge in [-0.3, -0.25) is 0 Å². The summed E-state index contributed by atoms with van der Waals surface area (Å²) in [7, 11) is 1.41. The van der Waals surface area contributed by atoms with Crippen molar-refractivity contribution < 1.29 is 14.6 Å². The van der Waals surface area contributed by atoms with Crippen LogP contribution in [0.3, 0.4) is 0 Å². The minimum absolute atomic E-state index is 0.0232. The number of anilines is 2. The van der Waals surface area contributed by atoms with Crippen LogP contribution in [0.15, 0.2) is 18.2 Å². The quantitative estimate of drug-likeness (QED) is 0.892. The van der Waals surface area contributed by atoms with Gasteiger partial charge in [0, 0.05) is 5.69 Å². The van der Waals surface area contributed by atoms with Gasteiger partial charge in [-0.25, -0.2) is 4.79 Å². The Bertz CT molecular complexity index is 663. The number of hydrogen-bond acceptors (Lipinski definition) is 6. The van der Waals surface area contributed by atoms with Crippen LogP contribution in [0.5, 0.6) is 6.01 Å². The van der Waals surface area contributed by atoms with Gasteiger partial charge in [0.25, 0.3) is 0 Å². The van der Waals surface area contributed by atoms with E-state index in [1.165, 1.54) is 13.2 Å². The van der Waals surface area contributed by atoms with Crippen LogP contribution in [-0.4, -0.2) is 33.1 Å². The molecule has 0 aliphatic carbocycles. The summed E-state index contributed by atoms with van der Waals surface area (Å²) in [4.78, 5) is 22.6. The Balaban J connectivity index is 2.32. The van der Waals surface area contributed by atoms with E-state index in [0.29, 0.717) is 11.3 Å². The molecule has 0 saturated carbocycles. The first-order valence-corrected chi connectivity index (χ1v) is 5.94. The molecule has 0 amide bonds. The van der Waals surface area contributed by atoms with E-state index < -0.39 is 5.97 Å². The largest absolute Gasteiger partial charge is 0.478 e. The predicted molar refractivity (Wildman–Crippen MR) is 72.8 cm³/mol. The maximum atomic E-state index is 11.1. The summed E-state index contributed by atoms with van der Waals surface area (Å²) >= 11 is 5.73. The highest BCUT2D eigenvalue weighted by molar-refractivity contribution is 6.28. The predicted octanol–water partition coefficient (Wildman–Crippen LogP) is 2.28. The molecule has 20 heavy (non-hydrogen) atoms. The fourth-order valence-corrected chi connectivity index (χ4v) is 1.69. The second-order valence-corrected chi connectivity index (χ2v) is 4.21. The van der Waals surface area contributed by atoms with Crippen LogP contribution in [0, 0.1) is 6.92 Å². The molecular formula is C12H11ClN4O3. The molecule has 0 atom stereocenters. The zero-order chi connectivity index (χ0) is 14.7. The van der Waals surface area contributed by atoms with E-state index in [4.69, 9.17) is 21.4 Å². The fourth-order valence-electron chi connectivity index (χ4n) is 1.54. The van der Waals surface area contributed by atoms with Crippen molar-refractivity contribution in [1.29, 1.82) is 0 Å². The van der Waals surface area contributed by atoms with Gasteiger partial charge in [-0.15, -0.1) is 0 Å². The molecular weight excluding hydrogens is 284 g/mol. The second kappa shape index (κ2) is 5.70. The molecule has 2 rings (SSSR count). The van der Waals surface area contributed by atoms with Gasteiger partial charge in [0.1, 0.15) is 0 Å². The van der Waals surface area contributed by atoms with Crippen molar-refractivity contribution in [2.45, 2.75) is 6.92 Å². The number of aromatic nitrogens is 3. The van der Waals surface area contributed by atoms with E-state index in [0.717, 1.165) is 0 Å². The number of nitrogens with zero attached hydrogens (tertiary/aromatic N) is 3. The first-order valence-electron chi connectivity index (χ1n) is 5.56. The smallest absolute Gasteiger partial charge is 0.336 e. The number of nitrogens with one attached hydrogen (secondary N) is 1. The number of carbonyl (C=O) groups is 1. The summed E-state index contributed by atoms with van der Waals surface area (Å²) in [5.74, 6) is -0.834. The number of rotatable bonds is 4. The highest BCUT2D eigenvalue weighted by atomic mass is 35.5. The molecule has 0 spiro atoms. The number of aromatic carboxylic acids is 1. The van der Waals surface area contributed by atoms with Crippen molar-refractivity contribution in [2.24, 2.45) is 0 Å². The molecule has 0 aliphatic heterocycles. The maximum absolute atomic E-state index is 11.1. The molecule has 1 aromatic carbocycles. The Hall–Kier alpha value is -2.41. The van der Waals surface area contributed by atoms with Crippen LogP contribution in [0.2, 0.25) is 5.28 Å². The van der Waals surface area contributed by atoms with E-state index in [-0.39, 0.29) is 22.8 Å². The van der Waals surface area contributed by atoms with Gasteiger partial charge >= 0.3 is 12.0 Å². The third-order valence-electron chi connectivity index (χ3n) is 2.49. The van der Waals surface area contributed by atoms with E-state index in [1.54, 1.807) is 19.1 Å². The molecule has 0 fully saturated rings. The minimum atomic E-state index is -1.00. The highest BCUT2D eigenvalue weighted by Gasteiger charge is 2.10. The summed E-state index contributed by atoms with van der Waals surface area (Å²) < 4.78 is 4.87. The average Bonchev–Trinajstić information content (AvgIpc) is 2.40. The van der Waals surface area contributed by atoms with Crippen LogP contribution in [-0.2, 0) is 0 Å². The fraction of sp³-hybridized carbons (Fsp3) is 0.167. The van der Waals surface area contributed by atoms with Gasteiger partial charge in [-0.2, -0.15) is 15.0 Å². The van der Waals surface area contributed by atoms with Gasteiger partial charge in [0.05, 0.1) is 12.7 Å². The molecule has 8 heteroatoms. The molecule has 104 valence electrons. The molecule has 0 saturated heterocycles. The molecule has 0 aliphatic rings. The van der Waals surface area contributed by atoms with Gasteiger partial charge < -0.3 is 15.2 Å². The Labute approximate surface area is 119 Å². The lowest BCUT2D eigenvalue weighted by Gasteiger charge is -2.08. The van der Waals surface area contributed by atoms with Crippen LogP contribution in [0.25, 0.3) is 0 Å². The van der Waals surface area contributed by atoms with Crippen molar-refractivity contribution in [3.05, 3.63) is 34.6 Å². The summed E-state index contributed by atoms with van der Waals surface area (Å²) in [5, 5.41) is 11.9. The molecule has 1 heterocycles. The van der Waals surface area contributed by atoms with Crippen molar-refractivity contribution in [1.82, 2.24) is 15.0 Å². The molecule has 0 bridgehead atoms. The lowest BCUT2D eigenvalue weighted by Crippen LogP contribution is -2.04. The number of carboxylic acids is 1. The van der Waals surface area contributed by atoms with E-state index in [2.05, 4.69) is 20.3 Å². The molecule has 2 N–H and O–H groups in total. The van der Waals surface area contributed by atoms with Crippen LogP contribution in [0.1, 0.15) is 15.9 Å². The lowest BCUT2D eigenvalue weighted by atomic mass is 10.1. The highest BCUT2D eigenvalue weighted by Crippen LogP contribution is 2.20. The Morgan fingerprint density at radius 2 is 2.10 bits per heavy atom. The number of benzene rings is 1. The second-order valence-electron chi connectivity index (χ2n) is 3.87. The molecule has 2 aromatic rings. The summed E-state index contributed by atoms with van der Waals surface area (Å²) in [5.41, 5.74) is 1.38. The zero-order valence-electron chi connectivity index (χ0n) is 10.7. The first-order chi connectivity index (χ1) is 9.49. The molecule has 7 nitrogen and oxygen atoms in total. The van der Waals surface area contributed by atoms with Crippen LogP contribution >= 0.6 is 11.6 Å². The van der Waals surface area contributed by atoms with Gasteiger partial charge in [-0.05, 0) is 36.2 Å². The maximum Gasteiger partial charge on any atom is 0.336 e. The van der Waals surface area contributed by atoms with Crippen molar-refractivity contribution in [2.75, 3.05) is 12.4 Å². The number of ether oxygens (including phenoxy) is 1. The van der Waals surface area contributed by atoms with Gasteiger partial charge in [0.2, 0.25) is 11.2 Å². The van der Waals surface area contributed by atoms with Crippen molar-refractivity contribution in [3.8, 4) is 6.01 Å². The van der Waals surface area contributed by atoms with Crippen molar-refractivity contribution >= 4 is 29.2 Å².